The highest BCUT2D eigenvalue weighted by Gasteiger charge is 2.49. The Morgan fingerprint density at radius 2 is 1.75 bits per heavy atom. The van der Waals surface area contributed by atoms with Gasteiger partial charge in [0.2, 0.25) is 0 Å². The molecule has 102 valence electrons. The van der Waals surface area contributed by atoms with Gasteiger partial charge in [-0.05, 0) is 11.6 Å². The maximum absolute atomic E-state index is 12.5. The Bertz CT molecular complexity index is 621. The first kappa shape index (κ1) is 12.7. The highest BCUT2D eigenvalue weighted by atomic mass is 16.5. The second-order valence-corrected chi connectivity index (χ2v) is 4.86. The molecule has 20 heavy (non-hydrogen) atoms. The molecule has 3 heteroatoms. The Labute approximate surface area is 118 Å². The molecule has 3 nitrogen and oxygen atoms in total. The summed E-state index contributed by atoms with van der Waals surface area (Å²) in [7, 11) is 1.62. The highest BCUT2D eigenvalue weighted by Crippen LogP contribution is 2.44. The van der Waals surface area contributed by atoms with E-state index in [0.29, 0.717) is 13.0 Å². The maximum atomic E-state index is 12.5. The molecule has 0 aliphatic carbocycles. The zero-order chi connectivity index (χ0) is 14.0. The summed E-state index contributed by atoms with van der Waals surface area (Å²) in [5.74, 6) is 0.517. The number of cyclic esters (lactones) is 1. The summed E-state index contributed by atoms with van der Waals surface area (Å²) in [4.78, 5) is 12.5. The van der Waals surface area contributed by atoms with Crippen LogP contribution < -0.4 is 4.74 Å². The van der Waals surface area contributed by atoms with Crippen molar-refractivity contribution in [2.24, 2.45) is 0 Å². The van der Waals surface area contributed by atoms with E-state index in [1.165, 1.54) is 0 Å². The predicted molar refractivity (Wildman–Crippen MR) is 75.8 cm³/mol. The standard InChI is InChI=1S/C17H16O3/c1-19-15-10-6-5-9-14(15)17(11-12-20-16(17)18)13-7-3-2-4-8-13/h2-10H,11-12H2,1H3. The van der Waals surface area contributed by atoms with Gasteiger partial charge in [0.05, 0.1) is 13.7 Å². The van der Waals surface area contributed by atoms with Crippen LogP contribution in [0.15, 0.2) is 54.6 Å². The SMILES string of the molecule is COc1ccccc1C1(c2ccccc2)CCOC1=O. The van der Waals surface area contributed by atoms with Crippen molar-refractivity contribution < 1.29 is 14.3 Å². The van der Waals surface area contributed by atoms with Gasteiger partial charge in [-0.2, -0.15) is 0 Å². The first-order valence-electron chi connectivity index (χ1n) is 6.65. The van der Waals surface area contributed by atoms with Gasteiger partial charge < -0.3 is 9.47 Å². The van der Waals surface area contributed by atoms with Crippen LogP contribution in [0.1, 0.15) is 17.5 Å². The Morgan fingerprint density at radius 3 is 2.40 bits per heavy atom. The van der Waals surface area contributed by atoms with E-state index in [1.54, 1.807) is 7.11 Å². The number of hydrogen-bond donors (Lipinski definition) is 0. The third kappa shape index (κ3) is 1.78. The van der Waals surface area contributed by atoms with Gasteiger partial charge in [0.1, 0.15) is 11.2 Å². The van der Waals surface area contributed by atoms with E-state index in [0.717, 1.165) is 16.9 Å². The van der Waals surface area contributed by atoms with E-state index >= 15 is 0 Å². The van der Waals surface area contributed by atoms with E-state index in [1.807, 2.05) is 54.6 Å². The minimum atomic E-state index is -0.756. The molecule has 3 rings (SSSR count). The van der Waals surface area contributed by atoms with Gasteiger partial charge in [-0.1, -0.05) is 48.5 Å². The van der Waals surface area contributed by atoms with Gasteiger partial charge in [-0.15, -0.1) is 0 Å². The van der Waals surface area contributed by atoms with Crippen LogP contribution in [0.2, 0.25) is 0 Å². The second kappa shape index (κ2) is 5.00. The molecule has 0 amide bonds. The minimum Gasteiger partial charge on any atom is -0.496 e. The third-order valence-corrected chi connectivity index (χ3v) is 3.89. The van der Waals surface area contributed by atoms with Gasteiger partial charge in [-0.25, -0.2) is 0 Å². The lowest BCUT2D eigenvalue weighted by atomic mass is 9.73. The lowest BCUT2D eigenvalue weighted by Crippen LogP contribution is -2.33. The predicted octanol–water partition coefficient (Wildman–Crippen LogP) is 2.93. The number of carbonyl (C=O) groups excluding carboxylic acids is 1. The molecule has 0 saturated carbocycles. The van der Waals surface area contributed by atoms with Crippen LogP contribution in [0.5, 0.6) is 5.75 Å². The van der Waals surface area contributed by atoms with Crippen LogP contribution in [0.25, 0.3) is 0 Å². The summed E-state index contributed by atoms with van der Waals surface area (Å²) in [6, 6.07) is 17.4. The van der Waals surface area contributed by atoms with Crippen molar-refractivity contribution in [1.29, 1.82) is 0 Å². The summed E-state index contributed by atoms with van der Waals surface area (Å²) in [6.45, 7) is 0.436. The number of rotatable bonds is 3. The molecule has 0 bridgehead atoms. The number of methoxy groups -OCH3 is 1. The number of carbonyl (C=O) groups is 1. The normalized spacial score (nSPS) is 21.6. The Hall–Kier alpha value is -2.29. The van der Waals surface area contributed by atoms with Gasteiger partial charge in [0, 0.05) is 12.0 Å². The number of para-hydroxylation sites is 1. The first-order valence-corrected chi connectivity index (χ1v) is 6.65. The number of ether oxygens (including phenoxy) is 2. The first-order chi connectivity index (χ1) is 9.79. The van der Waals surface area contributed by atoms with Gasteiger partial charge in [0.25, 0.3) is 0 Å². The number of hydrogen-bond acceptors (Lipinski definition) is 3. The fourth-order valence-electron chi connectivity index (χ4n) is 2.90. The van der Waals surface area contributed by atoms with Gasteiger partial charge in [-0.3, -0.25) is 4.79 Å². The lowest BCUT2D eigenvalue weighted by molar-refractivity contribution is -0.141. The zero-order valence-electron chi connectivity index (χ0n) is 11.3. The van der Waals surface area contributed by atoms with Crippen LogP contribution in [-0.4, -0.2) is 19.7 Å². The monoisotopic (exact) mass is 268 g/mol. The van der Waals surface area contributed by atoms with Crippen LogP contribution in [0, 0.1) is 0 Å². The van der Waals surface area contributed by atoms with Crippen molar-refractivity contribution >= 4 is 5.97 Å². The summed E-state index contributed by atoms with van der Waals surface area (Å²) >= 11 is 0. The topological polar surface area (TPSA) is 35.5 Å². The molecule has 1 fully saturated rings. The average Bonchev–Trinajstić information content (AvgIpc) is 2.90. The summed E-state index contributed by atoms with van der Waals surface area (Å²) in [6.07, 6.45) is 0.635. The molecule has 1 aliphatic rings. The van der Waals surface area contributed by atoms with E-state index < -0.39 is 5.41 Å². The zero-order valence-corrected chi connectivity index (χ0v) is 11.3. The van der Waals surface area contributed by atoms with Crippen LogP contribution >= 0.6 is 0 Å². The fraction of sp³-hybridized carbons (Fsp3) is 0.235. The van der Waals surface area contributed by atoms with E-state index in [9.17, 15) is 4.79 Å². The molecular weight excluding hydrogens is 252 g/mol. The summed E-state index contributed by atoms with van der Waals surface area (Å²) < 4.78 is 10.7. The molecule has 0 spiro atoms. The molecule has 2 aromatic carbocycles. The van der Waals surface area contributed by atoms with Crippen molar-refractivity contribution in [2.45, 2.75) is 11.8 Å². The summed E-state index contributed by atoms with van der Waals surface area (Å²) in [5, 5.41) is 0. The Balaban J connectivity index is 2.24. The van der Waals surface area contributed by atoms with Crippen LogP contribution in [-0.2, 0) is 14.9 Å². The molecule has 2 aromatic rings. The van der Waals surface area contributed by atoms with Gasteiger partial charge in [0.15, 0.2) is 0 Å². The van der Waals surface area contributed by atoms with E-state index in [-0.39, 0.29) is 5.97 Å². The molecule has 0 radical (unpaired) electrons. The third-order valence-electron chi connectivity index (χ3n) is 3.89. The molecular formula is C17H16O3. The number of esters is 1. The van der Waals surface area contributed by atoms with E-state index in [2.05, 4.69) is 0 Å². The van der Waals surface area contributed by atoms with Crippen LogP contribution in [0.3, 0.4) is 0 Å². The quantitative estimate of drug-likeness (QED) is 0.803. The van der Waals surface area contributed by atoms with Crippen molar-refractivity contribution in [3.63, 3.8) is 0 Å². The summed E-state index contributed by atoms with van der Waals surface area (Å²) in [5.41, 5.74) is 1.07. The number of benzene rings is 2. The van der Waals surface area contributed by atoms with Crippen LogP contribution in [0.4, 0.5) is 0 Å². The van der Waals surface area contributed by atoms with Crippen molar-refractivity contribution in [3.8, 4) is 5.75 Å². The molecule has 1 unspecified atom stereocenters. The molecule has 1 saturated heterocycles. The molecule has 1 aliphatic heterocycles. The average molecular weight is 268 g/mol. The minimum absolute atomic E-state index is 0.201. The Kier molecular flexibility index (Phi) is 3.18. The smallest absolute Gasteiger partial charge is 0.321 e. The van der Waals surface area contributed by atoms with Crippen molar-refractivity contribution in [2.75, 3.05) is 13.7 Å². The molecule has 1 heterocycles. The molecule has 0 N–H and O–H groups in total. The highest BCUT2D eigenvalue weighted by molar-refractivity contribution is 5.90. The lowest BCUT2D eigenvalue weighted by Gasteiger charge is -2.27. The molecule has 1 atom stereocenters. The van der Waals surface area contributed by atoms with E-state index in [4.69, 9.17) is 9.47 Å². The molecule has 0 aromatic heterocycles. The Morgan fingerprint density at radius 1 is 1.05 bits per heavy atom. The van der Waals surface area contributed by atoms with Crippen molar-refractivity contribution in [3.05, 3.63) is 65.7 Å². The largest absolute Gasteiger partial charge is 0.496 e. The fourth-order valence-corrected chi connectivity index (χ4v) is 2.90. The second-order valence-electron chi connectivity index (χ2n) is 4.86. The maximum Gasteiger partial charge on any atom is 0.321 e. The van der Waals surface area contributed by atoms with Gasteiger partial charge >= 0.3 is 5.97 Å². The van der Waals surface area contributed by atoms with Crippen molar-refractivity contribution in [1.82, 2.24) is 0 Å².